The number of amides is 1. The fraction of sp³-hybridized carbons (Fsp3) is 0.455. The Morgan fingerprint density at radius 2 is 1.97 bits per heavy atom. The van der Waals surface area contributed by atoms with Gasteiger partial charge in [0.2, 0.25) is 0 Å². The molecule has 1 aromatic heterocycles. The summed E-state index contributed by atoms with van der Waals surface area (Å²) in [6, 6.07) is 7.91. The average molecular weight is 511 g/mol. The van der Waals surface area contributed by atoms with Crippen LogP contribution in [0.15, 0.2) is 36.5 Å². The molecule has 2 atom stereocenters. The Bertz CT molecular complexity index is 854. The number of aromatic nitrogens is 1. The summed E-state index contributed by atoms with van der Waals surface area (Å²) in [5.74, 6) is 0.378. The van der Waals surface area contributed by atoms with Crippen LogP contribution in [0.3, 0.4) is 0 Å². The van der Waals surface area contributed by atoms with Gasteiger partial charge in [-0.15, -0.1) is 0 Å². The number of nitrogens with zero attached hydrogens (tertiary/aromatic N) is 2. The number of carbonyl (C=O) groups is 1. The zero-order valence-electron chi connectivity index (χ0n) is 16.7. The fourth-order valence-electron chi connectivity index (χ4n) is 3.64. The Kier molecular flexibility index (Phi) is 7.45. The summed E-state index contributed by atoms with van der Waals surface area (Å²) < 4.78 is 13.9. The SMILES string of the molecule is CC(C)C[C@@H](NC(=O)c1cnc(N2CCCC2)c(-c2ccccc2F)c1)C(O)I. The lowest BCUT2D eigenvalue weighted by molar-refractivity contribution is 0.0901. The Labute approximate surface area is 184 Å². The van der Waals surface area contributed by atoms with Crippen molar-refractivity contribution in [1.29, 1.82) is 0 Å². The predicted octanol–water partition coefficient (Wildman–Crippen LogP) is 4.39. The first-order valence-electron chi connectivity index (χ1n) is 9.99. The molecule has 5 nitrogen and oxygen atoms in total. The molecule has 1 unspecified atom stereocenters. The molecule has 0 aliphatic carbocycles. The summed E-state index contributed by atoms with van der Waals surface area (Å²) in [6.07, 6.45) is 4.35. The van der Waals surface area contributed by atoms with E-state index < -0.39 is 4.11 Å². The van der Waals surface area contributed by atoms with Crippen molar-refractivity contribution in [3.05, 3.63) is 47.9 Å². The Morgan fingerprint density at radius 1 is 1.28 bits per heavy atom. The number of benzene rings is 1. The second-order valence-corrected chi connectivity index (χ2v) is 9.13. The van der Waals surface area contributed by atoms with Crippen molar-refractivity contribution in [2.75, 3.05) is 18.0 Å². The van der Waals surface area contributed by atoms with Crippen LogP contribution < -0.4 is 10.2 Å². The summed E-state index contributed by atoms with van der Waals surface area (Å²) in [5, 5.41) is 12.9. The highest BCUT2D eigenvalue weighted by Crippen LogP contribution is 2.33. The quantitative estimate of drug-likeness (QED) is 0.428. The summed E-state index contributed by atoms with van der Waals surface area (Å²) >= 11 is 1.91. The number of alkyl halides is 1. The van der Waals surface area contributed by atoms with Gasteiger partial charge in [0, 0.05) is 30.4 Å². The van der Waals surface area contributed by atoms with Crippen molar-refractivity contribution in [3.8, 4) is 11.1 Å². The molecule has 1 amide bonds. The van der Waals surface area contributed by atoms with Gasteiger partial charge in [-0.2, -0.15) is 0 Å². The minimum absolute atomic E-state index is 0.315. The van der Waals surface area contributed by atoms with Crippen LogP contribution in [0.5, 0.6) is 0 Å². The topological polar surface area (TPSA) is 65.5 Å². The van der Waals surface area contributed by atoms with Gasteiger partial charge in [-0.05, 0) is 59.9 Å². The highest BCUT2D eigenvalue weighted by molar-refractivity contribution is 14.1. The fourth-order valence-corrected chi connectivity index (χ4v) is 4.11. The molecule has 156 valence electrons. The lowest BCUT2D eigenvalue weighted by Gasteiger charge is -2.23. The van der Waals surface area contributed by atoms with Gasteiger partial charge in [0.15, 0.2) is 0 Å². The van der Waals surface area contributed by atoms with E-state index in [4.69, 9.17) is 0 Å². The first kappa shape index (κ1) is 22.0. The van der Waals surface area contributed by atoms with Gasteiger partial charge in [-0.3, -0.25) is 4.79 Å². The molecule has 0 saturated carbocycles. The highest BCUT2D eigenvalue weighted by Gasteiger charge is 2.24. The summed E-state index contributed by atoms with van der Waals surface area (Å²) in [4.78, 5) is 19.6. The van der Waals surface area contributed by atoms with E-state index in [1.807, 2.05) is 36.4 Å². The zero-order chi connectivity index (χ0) is 21.0. The van der Waals surface area contributed by atoms with E-state index in [2.05, 4.69) is 15.2 Å². The third-order valence-corrected chi connectivity index (χ3v) is 5.94. The molecule has 7 heteroatoms. The van der Waals surface area contributed by atoms with Crippen LogP contribution in [0.4, 0.5) is 10.2 Å². The highest BCUT2D eigenvalue weighted by atomic mass is 127. The van der Waals surface area contributed by atoms with Gasteiger partial charge in [0.05, 0.1) is 11.6 Å². The Hall–Kier alpha value is -1.74. The van der Waals surface area contributed by atoms with E-state index in [9.17, 15) is 14.3 Å². The van der Waals surface area contributed by atoms with Crippen molar-refractivity contribution in [1.82, 2.24) is 10.3 Å². The maximum Gasteiger partial charge on any atom is 0.253 e. The molecule has 0 spiro atoms. The molecule has 29 heavy (non-hydrogen) atoms. The Morgan fingerprint density at radius 3 is 2.59 bits per heavy atom. The largest absolute Gasteiger partial charge is 0.381 e. The molecule has 3 rings (SSSR count). The number of pyridine rings is 1. The number of aliphatic hydroxyl groups excluding tert-OH is 1. The third kappa shape index (κ3) is 5.45. The lowest BCUT2D eigenvalue weighted by atomic mass is 10.0. The van der Waals surface area contributed by atoms with E-state index in [0.29, 0.717) is 34.8 Å². The molecule has 2 aromatic rings. The predicted molar refractivity (Wildman–Crippen MR) is 122 cm³/mol. The van der Waals surface area contributed by atoms with Crippen LogP contribution in [0.2, 0.25) is 0 Å². The summed E-state index contributed by atoms with van der Waals surface area (Å²) in [7, 11) is 0. The van der Waals surface area contributed by atoms with Crippen LogP contribution in [0, 0.1) is 11.7 Å². The number of hydrogen-bond acceptors (Lipinski definition) is 4. The maximum absolute atomic E-state index is 14.6. The van der Waals surface area contributed by atoms with Crippen LogP contribution in [0.25, 0.3) is 11.1 Å². The van der Waals surface area contributed by atoms with Crippen LogP contribution in [-0.2, 0) is 0 Å². The van der Waals surface area contributed by atoms with E-state index in [0.717, 1.165) is 25.9 Å². The molecular weight excluding hydrogens is 484 g/mol. The summed E-state index contributed by atoms with van der Waals surface area (Å²) in [6.45, 7) is 5.83. The van der Waals surface area contributed by atoms with Crippen molar-refractivity contribution in [2.24, 2.45) is 5.92 Å². The number of hydrogen-bond donors (Lipinski definition) is 2. The first-order chi connectivity index (χ1) is 13.9. The molecule has 0 radical (unpaired) electrons. The van der Waals surface area contributed by atoms with Crippen molar-refractivity contribution >= 4 is 34.3 Å². The monoisotopic (exact) mass is 511 g/mol. The average Bonchev–Trinajstić information content (AvgIpc) is 3.21. The van der Waals surface area contributed by atoms with Crippen LogP contribution >= 0.6 is 22.6 Å². The van der Waals surface area contributed by atoms with E-state index in [-0.39, 0.29) is 17.8 Å². The molecule has 1 fully saturated rings. The second kappa shape index (κ2) is 9.84. The van der Waals surface area contributed by atoms with Gasteiger partial charge in [-0.25, -0.2) is 9.37 Å². The molecule has 1 aliphatic rings. The van der Waals surface area contributed by atoms with E-state index in [1.54, 1.807) is 30.5 Å². The summed E-state index contributed by atoms with van der Waals surface area (Å²) in [5.41, 5.74) is 1.41. The van der Waals surface area contributed by atoms with Gasteiger partial charge in [0.1, 0.15) is 15.7 Å². The molecule has 0 bridgehead atoms. The second-order valence-electron chi connectivity index (χ2n) is 7.85. The molecule has 2 N–H and O–H groups in total. The number of rotatable bonds is 7. The maximum atomic E-state index is 14.6. The number of carbonyl (C=O) groups excluding carboxylic acids is 1. The van der Waals surface area contributed by atoms with Gasteiger partial charge >= 0.3 is 0 Å². The molecule has 1 saturated heterocycles. The number of aliphatic hydroxyl groups is 1. The first-order valence-corrected chi connectivity index (χ1v) is 11.2. The third-order valence-electron chi connectivity index (χ3n) is 5.07. The minimum Gasteiger partial charge on any atom is -0.381 e. The Balaban J connectivity index is 1.95. The van der Waals surface area contributed by atoms with Gasteiger partial charge < -0.3 is 15.3 Å². The van der Waals surface area contributed by atoms with Crippen LogP contribution in [-0.4, -0.2) is 39.2 Å². The normalized spacial score (nSPS) is 16.1. The number of anilines is 1. The molecular formula is C22H27FIN3O2. The van der Waals surface area contributed by atoms with Crippen molar-refractivity contribution in [2.45, 2.75) is 43.3 Å². The van der Waals surface area contributed by atoms with E-state index >= 15 is 0 Å². The van der Waals surface area contributed by atoms with Gasteiger partial charge in [0.25, 0.3) is 5.91 Å². The molecule has 1 aromatic carbocycles. The smallest absolute Gasteiger partial charge is 0.253 e. The molecule has 2 heterocycles. The standard InChI is InChI=1S/C22H27FIN3O2/c1-14(2)11-19(20(24)28)26-22(29)15-12-17(16-7-3-4-8-18(16)23)21(25-13-15)27-9-5-6-10-27/h3-4,7-8,12-14,19-20,28H,5-6,9-11H2,1-2H3,(H,26,29)/t19-,20?/m1/s1. The lowest BCUT2D eigenvalue weighted by Crippen LogP contribution is -2.41. The van der Waals surface area contributed by atoms with Crippen LogP contribution in [0.1, 0.15) is 43.5 Å². The minimum atomic E-state index is -0.693. The van der Waals surface area contributed by atoms with Crippen molar-refractivity contribution in [3.63, 3.8) is 0 Å². The zero-order valence-corrected chi connectivity index (χ0v) is 18.9. The molecule has 1 aliphatic heterocycles. The van der Waals surface area contributed by atoms with E-state index in [1.165, 1.54) is 6.07 Å². The number of nitrogens with one attached hydrogen (secondary N) is 1. The number of halogens is 2. The van der Waals surface area contributed by atoms with Crippen molar-refractivity contribution < 1.29 is 14.3 Å². The van der Waals surface area contributed by atoms with Gasteiger partial charge in [-0.1, -0.05) is 32.0 Å².